The summed E-state index contributed by atoms with van der Waals surface area (Å²) in [6.07, 6.45) is 3.24. The number of carbonyl (C=O) groups excluding carboxylic acids is 6. The van der Waals surface area contributed by atoms with Crippen LogP contribution in [0.25, 0.3) is 33.8 Å². The lowest BCUT2D eigenvalue weighted by Gasteiger charge is -2.28. The van der Waals surface area contributed by atoms with E-state index in [-0.39, 0.29) is 123 Å². The zero-order valence-corrected chi connectivity index (χ0v) is 57.0. The fraction of sp³-hybridized carbons (Fsp3) is 0.301. The van der Waals surface area contributed by atoms with Gasteiger partial charge in [0.25, 0.3) is 41.4 Å². The van der Waals surface area contributed by atoms with Crippen LogP contribution in [0.15, 0.2) is 115 Å². The van der Waals surface area contributed by atoms with Crippen molar-refractivity contribution in [3.8, 4) is 33.8 Å². The molecule has 0 aliphatic carbocycles. The van der Waals surface area contributed by atoms with Gasteiger partial charge in [0.2, 0.25) is 0 Å². The lowest BCUT2D eigenvalue weighted by atomic mass is 9.93. The van der Waals surface area contributed by atoms with Gasteiger partial charge in [-0.15, -0.1) is 0 Å². The van der Waals surface area contributed by atoms with Gasteiger partial charge in [0.1, 0.15) is 74.7 Å². The number of anilines is 3. The highest BCUT2D eigenvalue weighted by atomic mass is 19.3. The Kier molecular flexibility index (Phi) is 23.3. The molecule has 3 aliphatic rings. The highest BCUT2D eigenvalue weighted by Crippen LogP contribution is 2.39. The van der Waals surface area contributed by atoms with Crippen LogP contribution in [0.3, 0.4) is 0 Å². The van der Waals surface area contributed by atoms with Crippen LogP contribution in [-0.4, -0.2) is 110 Å². The Balaban J connectivity index is 0.000000167. The van der Waals surface area contributed by atoms with E-state index >= 15 is 4.39 Å². The van der Waals surface area contributed by atoms with Crippen LogP contribution in [-0.2, 0) is 29.1 Å². The van der Waals surface area contributed by atoms with Gasteiger partial charge in [0.15, 0.2) is 11.6 Å². The molecule has 104 heavy (non-hydrogen) atoms. The Morgan fingerprint density at radius 1 is 0.567 bits per heavy atom. The molecular formula is C73H77F7N16O8. The van der Waals surface area contributed by atoms with Crippen molar-refractivity contribution in [2.24, 2.45) is 23.1 Å². The second-order valence-electron chi connectivity index (χ2n) is 25.4. The van der Waals surface area contributed by atoms with E-state index in [2.05, 4.69) is 36.6 Å². The van der Waals surface area contributed by atoms with Crippen molar-refractivity contribution in [3.05, 3.63) is 211 Å². The summed E-state index contributed by atoms with van der Waals surface area (Å²) in [5.41, 5.74) is 39.1. The van der Waals surface area contributed by atoms with Gasteiger partial charge in [0.05, 0.1) is 25.2 Å². The maximum atomic E-state index is 15.1. The van der Waals surface area contributed by atoms with E-state index in [1.807, 2.05) is 37.3 Å². The molecule has 6 amide bonds. The molecule has 16 N–H and O–H groups in total. The molecule has 3 aromatic heterocycles. The third-order valence-electron chi connectivity index (χ3n) is 18.5. The lowest BCUT2D eigenvalue weighted by Crippen LogP contribution is -2.31. The van der Waals surface area contributed by atoms with Crippen molar-refractivity contribution in [2.45, 2.75) is 97.1 Å². The third-order valence-corrected chi connectivity index (χ3v) is 18.5. The topological polar surface area (TPSA) is 379 Å². The first-order valence-electron chi connectivity index (χ1n) is 33.1. The Bertz CT molecular complexity index is 4740. The normalized spacial score (nSPS) is 15.9. The molecular weight excluding hydrogens is 1360 g/mol. The fourth-order valence-electron chi connectivity index (χ4n) is 12.6. The SMILES string of the molecule is Cc1ccc(F)cc1C(=O)NCc1ccc(-c2nn(C(C)C3CCOCC3)c(N)c2C(N)=O)cc1.Cc1ccc(F)cc1C(=O)NCc1ccc(-c2nn(C3CCCOC3)c(N)c2C(N)=O)c(F)c1F.Cc1ccccc1C(=O)NCc1ccc(-c2nn(C3CNCC3(F)F)c(N)c2C(N)=O)cc1F. The minimum Gasteiger partial charge on any atom is -0.383 e. The molecule has 0 radical (unpaired) electrons. The molecule has 0 saturated carbocycles. The van der Waals surface area contributed by atoms with Gasteiger partial charge in [-0.2, -0.15) is 15.3 Å². The van der Waals surface area contributed by atoms with Crippen molar-refractivity contribution in [1.82, 2.24) is 50.6 Å². The second kappa shape index (κ2) is 32.3. The van der Waals surface area contributed by atoms with Crippen LogP contribution >= 0.6 is 0 Å². The van der Waals surface area contributed by atoms with Gasteiger partial charge in [-0.25, -0.2) is 44.8 Å². The number of primary amides is 3. The van der Waals surface area contributed by atoms with Crippen molar-refractivity contribution < 1.29 is 69.0 Å². The maximum Gasteiger partial charge on any atom is 0.283 e. The van der Waals surface area contributed by atoms with E-state index in [1.165, 1.54) is 53.2 Å². The van der Waals surface area contributed by atoms with Gasteiger partial charge < -0.3 is 65.1 Å². The molecule has 3 saturated heterocycles. The quantitative estimate of drug-likeness (QED) is 0.0337. The fourth-order valence-corrected chi connectivity index (χ4v) is 12.6. The lowest BCUT2D eigenvalue weighted by molar-refractivity contribution is -0.0188. The second-order valence-corrected chi connectivity index (χ2v) is 25.4. The first-order chi connectivity index (χ1) is 49.5. The number of hydrogen-bond donors (Lipinski definition) is 10. The number of alkyl halides is 2. The molecule has 3 atom stereocenters. The molecule has 6 heterocycles. The van der Waals surface area contributed by atoms with Crippen molar-refractivity contribution in [2.75, 3.05) is 56.7 Å². The zero-order chi connectivity index (χ0) is 75.0. The molecule has 12 rings (SSSR count). The first-order valence-corrected chi connectivity index (χ1v) is 33.1. The summed E-state index contributed by atoms with van der Waals surface area (Å²) in [5.74, 6) is -11.0. The Labute approximate surface area is 592 Å². The van der Waals surface area contributed by atoms with Crippen molar-refractivity contribution in [1.29, 1.82) is 0 Å². The average molecular weight is 1440 g/mol. The van der Waals surface area contributed by atoms with E-state index in [9.17, 15) is 55.1 Å². The monoisotopic (exact) mass is 1440 g/mol. The summed E-state index contributed by atoms with van der Waals surface area (Å²) in [5, 5.41) is 23.6. The number of amides is 6. The zero-order valence-electron chi connectivity index (χ0n) is 57.0. The largest absolute Gasteiger partial charge is 0.383 e. The summed E-state index contributed by atoms with van der Waals surface area (Å²) in [6, 6.07) is 26.9. The van der Waals surface area contributed by atoms with Crippen LogP contribution in [0, 0.1) is 55.8 Å². The molecule has 546 valence electrons. The number of rotatable bonds is 19. The molecule has 9 aromatic rings. The number of nitrogens with one attached hydrogen (secondary N) is 4. The molecule has 3 fully saturated rings. The van der Waals surface area contributed by atoms with E-state index in [0.717, 1.165) is 47.2 Å². The predicted octanol–water partition coefficient (Wildman–Crippen LogP) is 9.22. The van der Waals surface area contributed by atoms with E-state index in [0.29, 0.717) is 72.3 Å². The van der Waals surface area contributed by atoms with E-state index in [4.69, 9.17) is 43.9 Å². The van der Waals surface area contributed by atoms with Gasteiger partial charge in [-0.1, -0.05) is 72.8 Å². The van der Waals surface area contributed by atoms with Crippen molar-refractivity contribution >= 4 is 52.9 Å². The summed E-state index contributed by atoms with van der Waals surface area (Å²) in [4.78, 5) is 73.7. The number of nitrogens with two attached hydrogens (primary N) is 6. The number of halogens is 7. The number of nitrogens with zero attached hydrogens (tertiary/aromatic N) is 6. The summed E-state index contributed by atoms with van der Waals surface area (Å²) < 4.78 is 115. The average Bonchev–Trinajstić information content (AvgIpc) is 1.61. The smallest absolute Gasteiger partial charge is 0.283 e. The number of aryl methyl sites for hydroxylation is 3. The molecule has 24 nitrogen and oxygen atoms in total. The van der Waals surface area contributed by atoms with Gasteiger partial charge in [-0.05, 0) is 124 Å². The summed E-state index contributed by atoms with van der Waals surface area (Å²) >= 11 is 0. The summed E-state index contributed by atoms with van der Waals surface area (Å²) in [7, 11) is 0. The van der Waals surface area contributed by atoms with Crippen molar-refractivity contribution in [3.63, 3.8) is 0 Å². The number of ether oxygens (including phenoxy) is 2. The summed E-state index contributed by atoms with van der Waals surface area (Å²) in [6.45, 7) is 8.67. The van der Waals surface area contributed by atoms with Crippen LogP contribution in [0.5, 0.6) is 0 Å². The van der Waals surface area contributed by atoms with Gasteiger partial charge >= 0.3 is 0 Å². The number of benzene rings is 6. The minimum absolute atomic E-state index is 0.00786. The molecule has 3 unspecified atom stereocenters. The van der Waals surface area contributed by atoms with E-state index < -0.39 is 71.2 Å². The Morgan fingerprint density at radius 2 is 1.10 bits per heavy atom. The number of carbonyl (C=O) groups is 6. The predicted molar refractivity (Wildman–Crippen MR) is 373 cm³/mol. The van der Waals surface area contributed by atoms with E-state index in [1.54, 1.807) is 49.7 Å². The molecule has 31 heteroatoms. The minimum atomic E-state index is -3.14. The van der Waals surface area contributed by atoms with Crippen LogP contribution in [0.4, 0.5) is 48.2 Å². The molecule has 6 aromatic carbocycles. The van der Waals surface area contributed by atoms with Gasteiger partial charge in [0, 0.05) is 90.5 Å². The molecule has 0 bridgehead atoms. The molecule has 0 spiro atoms. The number of hydrogen-bond acceptors (Lipinski definition) is 15. The number of nitrogen functional groups attached to an aromatic ring is 3. The van der Waals surface area contributed by atoms with Crippen LogP contribution in [0.2, 0.25) is 0 Å². The third kappa shape index (κ3) is 16.5. The van der Waals surface area contributed by atoms with Crippen LogP contribution in [0.1, 0.15) is 146 Å². The van der Waals surface area contributed by atoms with Gasteiger partial charge in [-0.3, -0.25) is 28.8 Å². The Morgan fingerprint density at radius 3 is 1.67 bits per heavy atom. The Hall–Kier alpha value is -11.4. The first kappa shape index (κ1) is 75.2. The highest BCUT2D eigenvalue weighted by Gasteiger charge is 2.47. The van der Waals surface area contributed by atoms with Crippen LogP contribution < -0.4 is 55.7 Å². The molecule has 3 aliphatic heterocycles. The standard InChI is InChI=1S/C26H30FN5O3.C24H24F3N5O3.C23H23F3N6O2/c1-15-3-8-20(27)13-21(15)26(34)30-14-17-4-6-19(7-5-17)23-22(25(29)33)24(28)32(31-23)16(2)18-9-11-35-12-10-18;1-12-4-6-14(25)9-17(12)24(34)30-10-13-5-7-16(20(27)19(13)26)21-18(23(29)33)22(28)32(31-21)15-3-2-8-35-11-15;1-12-4-2-3-5-15(12)22(34)30-9-14-7-6-13(8-16(14)24)19-18(21(28)33)20(27)32(31-19)17-10-29-11-23(17,25)26/h3-8,13,16,18H,9-12,14,28H2,1-2H3,(H2,29,33)(H,30,34);4-7,9,15H,2-3,8,10-11,28H2,1H3,(H2,29,33)(H,30,34);2-8,17,29H,9-11,27H2,1H3,(H2,28,33)(H,30,34). The maximum absolute atomic E-state index is 15.1. The highest BCUT2D eigenvalue weighted by molar-refractivity contribution is 6.05. The number of aromatic nitrogens is 6.